The lowest BCUT2D eigenvalue weighted by molar-refractivity contribution is -0.124. The van der Waals surface area contributed by atoms with Crippen LogP contribution in [-0.4, -0.2) is 72.5 Å². The van der Waals surface area contributed by atoms with E-state index in [1.165, 1.54) is 0 Å². The third kappa shape index (κ3) is 3.74. The number of carbonyl (C=O) groups is 2. The van der Waals surface area contributed by atoms with Gasteiger partial charge in [-0.1, -0.05) is 12.1 Å². The Labute approximate surface area is 196 Å². The van der Waals surface area contributed by atoms with Gasteiger partial charge < -0.3 is 19.5 Å². The Morgan fingerprint density at radius 3 is 2.76 bits per heavy atom. The minimum Gasteiger partial charge on any atom is -0.454 e. The van der Waals surface area contributed by atoms with Crippen molar-refractivity contribution in [2.75, 3.05) is 56.4 Å². The Balaban J connectivity index is 1.23. The fourth-order valence-electron chi connectivity index (χ4n) is 4.74. The molecule has 10 heteroatoms. The molecular formula is C24H25N5O5. The number of hydrogen-bond donors (Lipinski definition) is 1. The highest BCUT2D eigenvalue weighted by atomic mass is 16.7. The van der Waals surface area contributed by atoms with Crippen LogP contribution in [0, 0.1) is 0 Å². The van der Waals surface area contributed by atoms with Crippen molar-refractivity contribution in [1.29, 1.82) is 0 Å². The minimum atomic E-state index is -0.652. The molecule has 1 aromatic heterocycles. The highest BCUT2D eigenvalue weighted by Crippen LogP contribution is 2.37. The summed E-state index contributed by atoms with van der Waals surface area (Å²) in [6.45, 7) is 4.51. The van der Waals surface area contributed by atoms with Crippen molar-refractivity contribution in [1.82, 2.24) is 14.5 Å². The normalized spacial score (nSPS) is 19.6. The zero-order valence-electron chi connectivity index (χ0n) is 18.6. The first-order chi connectivity index (χ1) is 16.7. The smallest absolute Gasteiger partial charge is 0.253 e. The Hall–Kier alpha value is -3.63. The van der Waals surface area contributed by atoms with Gasteiger partial charge in [0, 0.05) is 37.9 Å². The number of anilines is 2. The maximum absolute atomic E-state index is 13.5. The Morgan fingerprint density at radius 2 is 1.88 bits per heavy atom. The highest BCUT2D eigenvalue weighted by Gasteiger charge is 2.41. The molecule has 6 rings (SSSR count). The number of rotatable bonds is 6. The highest BCUT2D eigenvalue weighted by molar-refractivity contribution is 6.05. The van der Waals surface area contributed by atoms with Crippen LogP contribution < -0.4 is 19.7 Å². The molecule has 1 N–H and O–H groups in total. The van der Waals surface area contributed by atoms with Crippen LogP contribution in [0.2, 0.25) is 0 Å². The number of amides is 2. The van der Waals surface area contributed by atoms with E-state index in [2.05, 4.69) is 10.2 Å². The minimum absolute atomic E-state index is 0.00861. The first-order valence-corrected chi connectivity index (χ1v) is 11.5. The zero-order valence-corrected chi connectivity index (χ0v) is 18.6. The monoisotopic (exact) mass is 463 g/mol. The second kappa shape index (κ2) is 8.62. The summed E-state index contributed by atoms with van der Waals surface area (Å²) in [4.78, 5) is 35.2. The molecule has 1 fully saturated rings. The molecule has 3 aliphatic heterocycles. The number of imidazole rings is 1. The van der Waals surface area contributed by atoms with E-state index < -0.39 is 6.04 Å². The van der Waals surface area contributed by atoms with Crippen LogP contribution in [-0.2, 0) is 14.3 Å². The van der Waals surface area contributed by atoms with Gasteiger partial charge >= 0.3 is 0 Å². The lowest BCUT2D eigenvalue weighted by Crippen LogP contribution is -2.42. The van der Waals surface area contributed by atoms with Crippen molar-refractivity contribution in [2.24, 2.45) is 0 Å². The standard InChI is InChI=1S/C24H25N5O5/c30-22(25-16-5-6-20-21(13-16)34-15-33-20)14-19-23(31)28(8-7-27-9-11-32-12-10-27)24-26-17-3-1-2-4-18(17)29(19)24/h1-6,13,19H,7-12,14-15H2,(H,25,30)/t19-/m0/s1. The van der Waals surface area contributed by atoms with Crippen molar-refractivity contribution >= 4 is 34.5 Å². The predicted octanol–water partition coefficient (Wildman–Crippen LogP) is 2.01. The number of fused-ring (bicyclic) bond motifs is 4. The fraction of sp³-hybridized carbons (Fsp3) is 0.375. The number of nitrogens with zero attached hydrogens (tertiary/aromatic N) is 4. The molecule has 3 aromatic rings. The van der Waals surface area contributed by atoms with Crippen molar-refractivity contribution < 1.29 is 23.8 Å². The van der Waals surface area contributed by atoms with Crippen LogP contribution in [0.15, 0.2) is 42.5 Å². The van der Waals surface area contributed by atoms with E-state index in [1.54, 1.807) is 23.1 Å². The van der Waals surface area contributed by atoms with E-state index in [0.29, 0.717) is 42.9 Å². The fourth-order valence-corrected chi connectivity index (χ4v) is 4.74. The molecule has 0 unspecified atom stereocenters. The molecule has 34 heavy (non-hydrogen) atoms. The van der Waals surface area contributed by atoms with E-state index in [4.69, 9.17) is 19.2 Å². The van der Waals surface area contributed by atoms with Crippen LogP contribution in [0.5, 0.6) is 11.5 Å². The van der Waals surface area contributed by atoms with E-state index >= 15 is 0 Å². The molecule has 176 valence electrons. The summed E-state index contributed by atoms with van der Waals surface area (Å²) in [5.74, 6) is 1.47. The Kier molecular flexibility index (Phi) is 5.31. The molecule has 4 heterocycles. The van der Waals surface area contributed by atoms with Gasteiger partial charge in [-0.3, -0.25) is 24.0 Å². The first-order valence-electron chi connectivity index (χ1n) is 11.5. The third-order valence-corrected chi connectivity index (χ3v) is 6.46. The predicted molar refractivity (Wildman–Crippen MR) is 124 cm³/mol. The molecule has 1 saturated heterocycles. The van der Waals surface area contributed by atoms with Crippen LogP contribution in [0.3, 0.4) is 0 Å². The second-order valence-corrected chi connectivity index (χ2v) is 8.55. The number of hydrogen-bond acceptors (Lipinski definition) is 7. The number of aromatic nitrogens is 2. The maximum Gasteiger partial charge on any atom is 0.253 e. The van der Waals surface area contributed by atoms with Crippen LogP contribution in [0.1, 0.15) is 12.5 Å². The van der Waals surface area contributed by atoms with Crippen LogP contribution in [0.4, 0.5) is 11.6 Å². The summed E-state index contributed by atoms with van der Waals surface area (Å²) in [7, 11) is 0. The SMILES string of the molecule is O=C(C[C@H]1C(=O)N(CCN2CCOCC2)c2nc3ccccc3n21)Nc1ccc2c(c1)OCO2. The van der Waals surface area contributed by atoms with Gasteiger partial charge in [-0.25, -0.2) is 4.98 Å². The summed E-state index contributed by atoms with van der Waals surface area (Å²) < 4.78 is 18.0. The molecular weight excluding hydrogens is 438 g/mol. The van der Waals surface area contributed by atoms with Crippen molar-refractivity contribution in [3.63, 3.8) is 0 Å². The largest absolute Gasteiger partial charge is 0.454 e. The molecule has 1 atom stereocenters. The van der Waals surface area contributed by atoms with E-state index in [1.807, 2.05) is 28.8 Å². The van der Waals surface area contributed by atoms with Gasteiger partial charge in [-0.15, -0.1) is 0 Å². The average Bonchev–Trinajstić information content (AvgIpc) is 3.53. The molecule has 3 aliphatic rings. The molecule has 10 nitrogen and oxygen atoms in total. The van der Waals surface area contributed by atoms with Crippen LogP contribution in [0.25, 0.3) is 11.0 Å². The average molecular weight is 463 g/mol. The van der Waals surface area contributed by atoms with Gasteiger partial charge in [-0.2, -0.15) is 0 Å². The van der Waals surface area contributed by atoms with Gasteiger partial charge in [0.15, 0.2) is 11.5 Å². The summed E-state index contributed by atoms with van der Waals surface area (Å²) in [5.41, 5.74) is 2.25. The Morgan fingerprint density at radius 1 is 1.06 bits per heavy atom. The summed E-state index contributed by atoms with van der Waals surface area (Å²) in [6.07, 6.45) is 0.00861. The topological polar surface area (TPSA) is 98.2 Å². The van der Waals surface area contributed by atoms with Crippen molar-refractivity contribution in [2.45, 2.75) is 12.5 Å². The van der Waals surface area contributed by atoms with Gasteiger partial charge in [0.05, 0.1) is 30.7 Å². The van der Waals surface area contributed by atoms with Crippen molar-refractivity contribution in [3.8, 4) is 11.5 Å². The number of morpholine rings is 1. The van der Waals surface area contributed by atoms with Gasteiger partial charge in [0.1, 0.15) is 6.04 Å². The molecule has 0 saturated carbocycles. The third-order valence-electron chi connectivity index (χ3n) is 6.46. The van der Waals surface area contributed by atoms with Crippen LogP contribution >= 0.6 is 0 Å². The number of para-hydroxylation sites is 2. The number of carbonyl (C=O) groups excluding carboxylic acids is 2. The maximum atomic E-state index is 13.5. The van der Waals surface area contributed by atoms with E-state index in [-0.39, 0.29) is 25.0 Å². The molecule has 0 radical (unpaired) electrons. The summed E-state index contributed by atoms with van der Waals surface area (Å²) >= 11 is 0. The van der Waals surface area contributed by atoms with Gasteiger partial charge in [-0.05, 0) is 24.3 Å². The number of nitrogens with one attached hydrogen (secondary N) is 1. The first kappa shape index (κ1) is 20.9. The molecule has 0 aliphatic carbocycles. The van der Waals surface area contributed by atoms with E-state index in [0.717, 1.165) is 30.7 Å². The van der Waals surface area contributed by atoms with Crippen molar-refractivity contribution in [3.05, 3.63) is 42.5 Å². The Bertz CT molecular complexity index is 1250. The lowest BCUT2D eigenvalue weighted by atomic mass is 10.1. The van der Waals surface area contributed by atoms with Gasteiger partial charge in [0.2, 0.25) is 18.6 Å². The second-order valence-electron chi connectivity index (χ2n) is 8.55. The summed E-state index contributed by atoms with van der Waals surface area (Å²) in [5, 5.41) is 2.89. The van der Waals surface area contributed by atoms with Gasteiger partial charge in [0.25, 0.3) is 5.91 Å². The molecule has 2 amide bonds. The summed E-state index contributed by atoms with van der Waals surface area (Å²) in [6, 6.07) is 12.3. The number of ether oxygens (including phenoxy) is 3. The molecule has 0 bridgehead atoms. The zero-order chi connectivity index (χ0) is 23.1. The molecule has 2 aromatic carbocycles. The molecule has 0 spiro atoms. The lowest BCUT2D eigenvalue weighted by Gasteiger charge is -2.28. The quantitative estimate of drug-likeness (QED) is 0.597. The number of benzene rings is 2. The van der Waals surface area contributed by atoms with E-state index in [9.17, 15) is 9.59 Å².